The van der Waals surface area contributed by atoms with Gasteiger partial charge >= 0.3 is 11.9 Å². The van der Waals surface area contributed by atoms with E-state index in [9.17, 15) is 14.4 Å². The van der Waals surface area contributed by atoms with Gasteiger partial charge in [-0.1, -0.05) is 58.6 Å². The van der Waals surface area contributed by atoms with E-state index < -0.39 is 12.0 Å². The van der Waals surface area contributed by atoms with Gasteiger partial charge in [-0.05, 0) is 38.5 Å². The Morgan fingerprint density at radius 2 is 2.03 bits per heavy atom. The fourth-order valence-electron chi connectivity index (χ4n) is 3.67. The number of allylic oxidation sites excluding steroid dienone is 2. The molecule has 1 saturated heterocycles. The van der Waals surface area contributed by atoms with Crippen LogP contribution in [0.25, 0.3) is 0 Å². The van der Waals surface area contributed by atoms with Gasteiger partial charge in [-0.15, -0.1) is 0 Å². The van der Waals surface area contributed by atoms with Gasteiger partial charge in [0.2, 0.25) is 6.41 Å². The molecule has 1 heterocycles. The van der Waals surface area contributed by atoms with E-state index in [1.165, 1.54) is 6.42 Å². The van der Waals surface area contributed by atoms with Crippen molar-refractivity contribution in [2.45, 2.75) is 104 Å². The highest BCUT2D eigenvalue weighted by Gasteiger charge is 2.43. The quantitative estimate of drug-likeness (QED) is 0.178. The summed E-state index contributed by atoms with van der Waals surface area (Å²) in [7, 11) is 0. The van der Waals surface area contributed by atoms with Crippen molar-refractivity contribution in [3.63, 3.8) is 0 Å². The Balaban J connectivity index is 2.67. The lowest BCUT2D eigenvalue weighted by Gasteiger charge is -2.37. The van der Waals surface area contributed by atoms with Crippen LogP contribution in [0.5, 0.6) is 0 Å². The van der Waals surface area contributed by atoms with Gasteiger partial charge in [0.15, 0.2) is 0 Å². The smallest absolute Gasteiger partial charge is 0.328 e. The Hall–Kier alpha value is -1.85. The van der Waals surface area contributed by atoms with Crippen LogP contribution >= 0.6 is 0 Å². The first-order valence-corrected chi connectivity index (χ1v) is 11.1. The molecular formula is C23H39NO5. The van der Waals surface area contributed by atoms with E-state index in [2.05, 4.69) is 12.2 Å². The minimum atomic E-state index is -0.648. The van der Waals surface area contributed by atoms with Crippen molar-refractivity contribution < 1.29 is 23.9 Å². The Morgan fingerprint density at radius 1 is 1.28 bits per heavy atom. The van der Waals surface area contributed by atoms with Gasteiger partial charge in [0.1, 0.15) is 18.2 Å². The van der Waals surface area contributed by atoms with Crippen LogP contribution in [0.1, 0.15) is 85.5 Å². The summed E-state index contributed by atoms with van der Waals surface area (Å²) in [5.74, 6) is -0.386. The van der Waals surface area contributed by atoms with Crippen LogP contribution in [-0.4, -0.2) is 36.6 Å². The molecular weight excluding hydrogens is 370 g/mol. The van der Waals surface area contributed by atoms with E-state index in [0.29, 0.717) is 25.7 Å². The van der Waals surface area contributed by atoms with Gasteiger partial charge < -0.3 is 14.8 Å². The summed E-state index contributed by atoms with van der Waals surface area (Å²) in [6.07, 6.45) is 11.8. The van der Waals surface area contributed by atoms with E-state index in [-0.39, 0.29) is 30.0 Å². The summed E-state index contributed by atoms with van der Waals surface area (Å²) >= 11 is 0. The zero-order valence-corrected chi connectivity index (χ0v) is 18.5. The number of cyclic esters (lactones) is 1. The van der Waals surface area contributed by atoms with Crippen LogP contribution in [-0.2, 0) is 23.9 Å². The maximum absolute atomic E-state index is 12.6. The SMILES string of the molecule is C/C=C/CC[C@H](C[C@@H]1OC(=O)[C@H]1CCCCCC)OC(=O)[C@H](CC(C)C)NC=O. The summed E-state index contributed by atoms with van der Waals surface area (Å²) in [6, 6.07) is -0.648. The number of nitrogens with one attached hydrogen (secondary N) is 1. The maximum atomic E-state index is 12.6. The van der Waals surface area contributed by atoms with Crippen molar-refractivity contribution >= 4 is 18.3 Å². The molecule has 0 unspecified atom stereocenters. The lowest BCUT2D eigenvalue weighted by atomic mass is 9.86. The summed E-state index contributed by atoms with van der Waals surface area (Å²) < 4.78 is 11.1. The highest BCUT2D eigenvalue weighted by atomic mass is 16.6. The molecule has 0 aromatic heterocycles. The first-order valence-electron chi connectivity index (χ1n) is 11.1. The van der Waals surface area contributed by atoms with Gasteiger partial charge in [0, 0.05) is 6.42 Å². The number of esters is 2. The number of rotatable bonds is 16. The average molecular weight is 410 g/mol. The van der Waals surface area contributed by atoms with Crippen LogP contribution in [0.4, 0.5) is 0 Å². The lowest BCUT2D eigenvalue weighted by Crippen LogP contribution is -2.48. The van der Waals surface area contributed by atoms with E-state index in [1.807, 2.05) is 32.9 Å². The second-order valence-corrected chi connectivity index (χ2v) is 8.34. The van der Waals surface area contributed by atoms with Gasteiger partial charge in [0.25, 0.3) is 0 Å². The van der Waals surface area contributed by atoms with E-state index in [4.69, 9.17) is 9.47 Å². The molecule has 0 aliphatic carbocycles. The summed E-state index contributed by atoms with van der Waals surface area (Å²) in [5, 5.41) is 2.57. The Labute approximate surface area is 175 Å². The zero-order chi connectivity index (χ0) is 21.6. The third-order valence-electron chi connectivity index (χ3n) is 5.32. The Morgan fingerprint density at radius 3 is 2.62 bits per heavy atom. The molecule has 0 bridgehead atoms. The lowest BCUT2D eigenvalue weighted by molar-refractivity contribution is -0.190. The minimum Gasteiger partial charge on any atom is -0.461 e. The highest BCUT2D eigenvalue weighted by Crippen LogP contribution is 2.32. The molecule has 1 N–H and O–H groups in total. The average Bonchev–Trinajstić information content (AvgIpc) is 2.66. The number of amides is 1. The van der Waals surface area contributed by atoms with Gasteiger partial charge in [-0.2, -0.15) is 0 Å². The van der Waals surface area contributed by atoms with Crippen LogP contribution in [0.3, 0.4) is 0 Å². The third-order valence-corrected chi connectivity index (χ3v) is 5.32. The molecule has 1 fully saturated rings. The fourth-order valence-corrected chi connectivity index (χ4v) is 3.67. The molecule has 0 aromatic carbocycles. The summed E-state index contributed by atoms with van der Waals surface area (Å²) in [6.45, 7) is 8.10. The molecule has 6 heteroatoms. The van der Waals surface area contributed by atoms with Crippen molar-refractivity contribution in [3.8, 4) is 0 Å². The molecule has 29 heavy (non-hydrogen) atoms. The predicted octanol–water partition coefficient (Wildman–Crippen LogP) is 4.32. The maximum Gasteiger partial charge on any atom is 0.328 e. The normalized spacial score (nSPS) is 20.8. The Bertz CT molecular complexity index is 531. The fraction of sp³-hybridized carbons (Fsp3) is 0.783. The second kappa shape index (κ2) is 14.2. The third kappa shape index (κ3) is 9.46. The summed E-state index contributed by atoms with van der Waals surface area (Å²) in [5.41, 5.74) is 0. The van der Waals surface area contributed by atoms with Crippen molar-refractivity contribution in [3.05, 3.63) is 12.2 Å². The van der Waals surface area contributed by atoms with E-state index >= 15 is 0 Å². The topological polar surface area (TPSA) is 81.7 Å². The van der Waals surface area contributed by atoms with Crippen LogP contribution in [0.2, 0.25) is 0 Å². The van der Waals surface area contributed by atoms with Crippen LogP contribution in [0, 0.1) is 11.8 Å². The van der Waals surface area contributed by atoms with Crippen molar-refractivity contribution in [1.82, 2.24) is 5.32 Å². The van der Waals surface area contributed by atoms with Crippen molar-refractivity contribution in [2.24, 2.45) is 11.8 Å². The number of carbonyl (C=O) groups excluding carboxylic acids is 3. The standard InChI is InChI=1S/C23H39NO5/c1-5-7-9-11-13-19-21(29-22(19)26)15-18(12-10-8-6-2)28-23(27)20(24-16-25)14-17(3)4/h6,8,16-21H,5,7,9-15H2,1-4H3,(H,24,25)/b8-6+/t18-,19+,20+,21+/m1/s1. The number of carbonyl (C=O) groups is 3. The number of ether oxygens (including phenoxy) is 2. The van der Waals surface area contributed by atoms with Crippen molar-refractivity contribution in [1.29, 1.82) is 0 Å². The first-order chi connectivity index (χ1) is 13.9. The molecule has 1 aliphatic rings. The molecule has 0 saturated carbocycles. The number of unbranched alkanes of at least 4 members (excludes halogenated alkanes) is 3. The Kier molecular flexibility index (Phi) is 12.3. The molecule has 1 aliphatic heterocycles. The molecule has 0 aromatic rings. The molecule has 1 amide bonds. The molecule has 6 nitrogen and oxygen atoms in total. The predicted molar refractivity (Wildman–Crippen MR) is 113 cm³/mol. The number of hydrogen-bond donors (Lipinski definition) is 1. The molecule has 1 rings (SSSR count). The zero-order valence-electron chi connectivity index (χ0n) is 18.5. The summed E-state index contributed by atoms with van der Waals surface area (Å²) in [4.78, 5) is 35.4. The van der Waals surface area contributed by atoms with Crippen LogP contribution in [0.15, 0.2) is 12.2 Å². The van der Waals surface area contributed by atoms with Crippen LogP contribution < -0.4 is 5.32 Å². The van der Waals surface area contributed by atoms with Gasteiger partial charge in [0.05, 0.1) is 5.92 Å². The molecule has 0 spiro atoms. The van der Waals surface area contributed by atoms with Crippen molar-refractivity contribution in [2.75, 3.05) is 0 Å². The second-order valence-electron chi connectivity index (χ2n) is 8.34. The van der Waals surface area contributed by atoms with Gasteiger partial charge in [-0.25, -0.2) is 4.79 Å². The largest absolute Gasteiger partial charge is 0.461 e. The minimum absolute atomic E-state index is 0.0886. The number of hydrogen-bond acceptors (Lipinski definition) is 5. The first kappa shape index (κ1) is 25.2. The highest BCUT2D eigenvalue weighted by molar-refractivity contribution is 5.79. The van der Waals surface area contributed by atoms with Gasteiger partial charge in [-0.3, -0.25) is 9.59 Å². The molecule has 166 valence electrons. The van der Waals surface area contributed by atoms with E-state index in [1.54, 1.807) is 0 Å². The molecule has 0 radical (unpaired) electrons. The monoisotopic (exact) mass is 409 g/mol. The van der Waals surface area contributed by atoms with E-state index in [0.717, 1.165) is 32.1 Å². The molecule has 4 atom stereocenters.